The van der Waals surface area contributed by atoms with Crippen molar-refractivity contribution in [2.75, 3.05) is 0 Å². The molecule has 8 heteroatoms. The molecule has 0 unspecified atom stereocenters. The van der Waals surface area contributed by atoms with E-state index in [9.17, 15) is 22.4 Å². The molecule has 0 radical (unpaired) electrons. The lowest BCUT2D eigenvalue weighted by molar-refractivity contribution is -0.138. The van der Waals surface area contributed by atoms with Gasteiger partial charge in [-0.15, -0.1) is 0 Å². The van der Waals surface area contributed by atoms with Gasteiger partial charge in [0.15, 0.2) is 0 Å². The number of aromatic nitrogens is 2. The highest BCUT2D eigenvalue weighted by Gasteiger charge is 2.33. The summed E-state index contributed by atoms with van der Waals surface area (Å²) in [6, 6.07) is 3.64. The Morgan fingerprint density at radius 2 is 2.05 bits per heavy atom. The van der Waals surface area contributed by atoms with E-state index in [0.29, 0.717) is 5.56 Å². The Kier molecular flexibility index (Phi) is 4.20. The van der Waals surface area contributed by atoms with Gasteiger partial charge in [-0.3, -0.25) is 4.79 Å². The first kappa shape index (κ1) is 16.0. The van der Waals surface area contributed by atoms with E-state index in [4.69, 9.17) is 0 Å². The number of aryl methyl sites for hydroxylation is 2. The Bertz CT molecular complexity index is 707. The molecule has 1 amide bonds. The molecule has 0 saturated heterocycles. The Morgan fingerprint density at radius 3 is 2.59 bits per heavy atom. The summed E-state index contributed by atoms with van der Waals surface area (Å²) in [5.41, 5.74) is -0.594. The summed E-state index contributed by atoms with van der Waals surface area (Å²) in [7, 11) is 1.31. The average Bonchev–Trinajstić information content (AvgIpc) is 2.75. The molecule has 1 aromatic carbocycles. The lowest BCUT2D eigenvalue weighted by Crippen LogP contribution is -2.25. The van der Waals surface area contributed by atoms with E-state index in [1.165, 1.54) is 19.2 Å². The van der Waals surface area contributed by atoms with Gasteiger partial charge in [0.25, 0.3) is 5.91 Å². The predicted molar refractivity (Wildman–Crippen MR) is 70.5 cm³/mol. The molecule has 0 aliphatic carbocycles. The molecular formula is C14H13F4N3O. The maximum atomic E-state index is 13.5. The van der Waals surface area contributed by atoms with Gasteiger partial charge < -0.3 is 5.32 Å². The second-order valence-electron chi connectivity index (χ2n) is 4.81. The van der Waals surface area contributed by atoms with Crippen molar-refractivity contribution in [1.29, 1.82) is 0 Å². The molecule has 118 valence electrons. The summed E-state index contributed by atoms with van der Waals surface area (Å²) in [5.74, 6) is -1.67. The van der Waals surface area contributed by atoms with Gasteiger partial charge in [-0.25, -0.2) is 4.68 Å². The van der Waals surface area contributed by atoms with Crippen molar-refractivity contribution in [3.8, 4) is 0 Å². The summed E-state index contributed by atoms with van der Waals surface area (Å²) in [4.78, 5) is 11.8. The average molecular weight is 315 g/mol. The first-order valence-corrected chi connectivity index (χ1v) is 6.32. The third-order valence-corrected chi connectivity index (χ3v) is 3.12. The molecule has 2 aromatic rings. The molecule has 1 aromatic heterocycles. The Labute approximate surface area is 123 Å². The molecule has 0 aliphatic rings. The van der Waals surface area contributed by atoms with Crippen LogP contribution in [-0.2, 0) is 19.8 Å². The molecule has 2 rings (SSSR count). The molecule has 0 atom stereocenters. The monoisotopic (exact) mass is 315 g/mol. The fourth-order valence-corrected chi connectivity index (χ4v) is 1.99. The van der Waals surface area contributed by atoms with Crippen molar-refractivity contribution in [2.45, 2.75) is 19.6 Å². The number of halogens is 4. The van der Waals surface area contributed by atoms with Crippen LogP contribution >= 0.6 is 0 Å². The second kappa shape index (κ2) is 5.78. The standard InChI is InChI=1S/C14H13F4N3O/c1-8-3-4-11(14(16,17)18)9(5-8)6-19-13(22)10-7-20-21(2)12(10)15/h3-5,7H,6H2,1-2H3,(H,19,22). The molecule has 22 heavy (non-hydrogen) atoms. The van der Waals surface area contributed by atoms with Crippen molar-refractivity contribution < 1.29 is 22.4 Å². The van der Waals surface area contributed by atoms with Crippen molar-refractivity contribution >= 4 is 5.91 Å². The zero-order valence-electron chi connectivity index (χ0n) is 11.8. The number of rotatable bonds is 3. The van der Waals surface area contributed by atoms with E-state index in [1.54, 1.807) is 6.92 Å². The number of alkyl halides is 3. The number of benzene rings is 1. The predicted octanol–water partition coefficient (Wildman–Crippen LogP) is 2.82. The number of carbonyl (C=O) groups excluding carboxylic acids is 1. The number of nitrogens with one attached hydrogen (secondary N) is 1. The number of hydrogen-bond donors (Lipinski definition) is 1. The fourth-order valence-electron chi connectivity index (χ4n) is 1.99. The van der Waals surface area contributed by atoms with Gasteiger partial charge in [0.1, 0.15) is 5.56 Å². The Balaban J connectivity index is 2.20. The molecule has 1 N–H and O–H groups in total. The zero-order chi connectivity index (χ0) is 16.5. The van der Waals surface area contributed by atoms with Gasteiger partial charge in [-0.1, -0.05) is 17.7 Å². The molecule has 0 bridgehead atoms. The molecule has 4 nitrogen and oxygen atoms in total. The van der Waals surface area contributed by atoms with E-state index in [-0.39, 0.29) is 17.7 Å². The normalized spacial score (nSPS) is 11.5. The maximum absolute atomic E-state index is 13.5. The number of nitrogens with zero attached hydrogens (tertiary/aromatic N) is 2. The maximum Gasteiger partial charge on any atom is 0.416 e. The van der Waals surface area contributed by atoms with Gasteiger partial charge in [-0.05, 0) is 18.6 Å². The van der Waals surface area contributed by atoms with Crippen LogP contribution in [-0.4, -0.2) is 15.7 Å². The van der Waals surface area contributed by atoms with E-state index >= 15 is 0 Å². The van der Waals surface area contributed by atoms with Crippen LogP contribution in [0, 0.1) is 12.9 Å². The van der Waals surface area contributed by atoms with Crippen molar-refractivity contribution in [1.82, 2.24) is 15.1 Å². The third kappa shape index (κ3) is 3.26. The SMILES string of the molecule is Cc1ccc(C(F)(F)F)c(CNC(=O)c2cnn(C)c2F)c1. The summed E-state index contributed by atoms with van der Waals surface area (Å²) in [6.45, 7) is 1.29. The minimum atomic E-state index is -4.52. The minimum Gasteiger partial charge on any atom is -0.348 e. The van der Waals surface area contributed by atoms with E-state index in [2.05, 4.69) is 10.4 Å². The molecule has 0 spiro atoms. The highest BCUT2D eigenvalue weighted by molar-refractivity contribution is 5.93. The summed E-state index contributed by atoms with van der Waals surface area (Å²) >= 11 is 0. The van der Waals surface area contributed by atoms with Crippen LogP contribution in [0.3, 0.4) is 0 Å². The van der Waals surface area contributed by atoms with Gasteiger partial charge in [-0.2, -0.15) is 22.7 Å². The summed E-state index contributed by atoms with van der Waals surface area (Å²) in [5, 5.41) is 5.84. The Hall–Kier alpha value is -2.38. The van der Waals surface area contributed by atoms with Crippen LogP contribution in [0.25, 0.3) is 0 Å². The highest BCUT2D eigenvalue weighted by Crippen LogP contribution is 2.32. The van der Waals surface area contributed by atoms with Crippen LogP contribution in [0.4, 0.5) is 17.6 Å². The van der Waals surface area contributed by atoms with Crippen LogP contribution in [0.2, 0.25) is 0 Å². The van der Waals surface area contributed by atoms with Crippen LogP contribution in [0.15, 0.2) is 24.4 Å². The molecular weight excluding hydrogens is 302 g/mol. The first-order chi connectivity index (χ1) is 10.2. The van der Waals surface area contributed by atoms with E-state index in [0.717, 1.165) is 16.9 Å². The quantitative estimate of drug-likeness (QED) is 0.885. The van der Waals surface area contributed by atoms with E-state index in [1.807, 2.05) is 0 Å². The van der Waals surface area contributed by atoms with Gasteiger partial charge in [0.2, 0.25) is 5.95 Å². The smallest absolute Gasteiger partial charge is 0.348 e. The summed E-state index contributed by atoms with van der Waals surface area (Å²) < 4.78 is 53.1. The largest absolute Gasteiger partial charge is 0.416 e. The molecule has 1 heterocycles. The first-order valence-electron chi connectivity index (χ1n) is 6.32. The van der Waals surface area contributed by atoms with Crippen molar-refractivity contribution in [2.24, 2.45) is 7.05 Å². The number of amides is 1. The van der Waals surface area contributed by atoms with Crippen LogP contribution in [0.1, 0.15) is 27.0 Å². The summed E-state index contributed by atoms with van der Waals surface area (Å²) in [6.07, 6.45) is -3.50. The Morgan fingerprint density at radius 1 is 1.36 bits per heavy atom. The number of hydrogen-bond acceptors (Lipinski definition) is 2. The number of carbonyl (C=O) groups is 1. The highest BCUT2D eigenvalue weighted by atomic mass is 19.4. The fraction of sp³-hybridized carbons (Fsp3) is 0.286. The van der Waals surface area contributed by atoms with Gasteiger partial charge in [0.05, 0.1) is 11.8 Å². The van der Waals surface area contributed by atoms with Gasteiger partial charge >= 0.3 is 6.18 Å². The van der Waals surface area contributed by atoms with Gasteiger partial charge in [0, 0.05) is 13.6 Å². The molecule has 0 saturated carbocycles. The van der Waals surface area contributed by atoms with Crippen molar-refractivity contribution in [3.05, 3.63) is 52.6 Å². The van der Waals surface area contributed by atoms with Crippen LogP contribution < -0.4 is 5.32 Å². The molecule has 0 fully saturated rings. The third-order valence-electron chi connectivity index (χ3n) is 3.12. The minimum absolute atomic E-state index is 0.0786. The lowest BCUT2D eigenvalue weighted by Gasteiger charge is -2.14. The second-order valence-corrected chi connectivity index (χ2v) is 4.81. The van der Waals surface area contributed by atoms with E-state index < -0.39 is 23.6 Å². The zero-order valence-corrected chi connectivity index (χ0v) is 11.8. The van der Waals surface area contributed by atoms with Crippen LogP contribution in [0.5, 0.6) is 0 Å². The molecule has 0 aliphatic heterocycles. The van der Waals surface area contributed by atoms with Crippen molar-refractivity contribution in [3.63, 3.8) is 0 Å². The lowest BCUT2D eigenvalue weighted by atomic mass is 10.0. The topological polar surface area (TPSA) is 46.9 Å².